The summed E-state index contributed by atoms with van der Waals surface area (Å²) < 4.78 is 6.43. The van der Waals surface area contributed by atoms with Gasteiger partial charge in [-0.3, -0.25) is 4.90 Å². The number of carbonyl (C=O) groups is 1. The third-order valence-corrected chi connectivity index (χ3v) is 8.63. The van der Waals surface area contributed by atoms with E-state index in [0.29, 0.717) is 39.4 Å². The highest BCUT2D eigenvalue weighted by Gasteiger charge is 2.54. The summed E-state index contributed by atoms with van der Waals surface area (Å²) in [5.74, 6) is 1.76. The number of piperidine rings is 1. The lowest BCUT2D eigenvalue weighted by Crippen LogP contribution is -2.34. The van der Waals surface area contributed by atoms with Crippen molar-refractivity contribution in [2.75, 3.05) is 29.9 Å². The van der Waals surface area contributed by atoms with Gasteiger partial charge in [0, 0.05) is 54.8 Å². The minimum atomic E-state index is -0.620. The lowest BCUT2D eigenvalue weighted by Gasteiger charge is -2.25. The minimum absolute atomic E-state index is 0.247. The van der Waals surface area contributed by atoms with Crippen LogP contribution in [-0.4, -0.2) is 57.8 Å². The molecule has 5 heterocycles. The fourth-order valence-electron chi connectivity index (χ4n) is 5.70. The first-order valence-corrected chi connectivity index (χ1v) is 14.3. The quantitative estimate of drug-likeness (QED) is 0.185. The van der Waals surface area contributed by atoms with Crippen LogP contribution in [0.4, 0.5) is 16.3 Å². The Morgan fingerprint density at radius 2 is 2.00 bits per heavy atom. The summed E-state index contributed by atoms with van der Waals surface area (Å²) in [7, 11) is 1.70. The number of anilines is 2. The highest BCUT2D eigenvalue weighted by atomic mass is 32.2. The van der Waals surface area contributed by atoms with E-state index < -0.39 is 11.7 Å². The van der Waals surface area contributed by atoms with Crippen LogP contribution in [0.15, 0.2) is 58.8 Å². The summed E-state index contributed by atoms with van der Waals surface area (Å²) in [6.07, 6.45) is 2.74. The molecule has 210 valence electrons. The van der Waals surface area contributed by atoms with Crippen LogP contribution in [0.3, 0.4) is 0 Å². The Hall–Kier alpha value is -4.16. The summed E-state index contributed by atoms with van der Waals surface area (Å²) in [6.45, 7) is 7.20. The van der Waals surface area contributed by atoms with Gasteiger partial charge in [0.05, 0.1) is 16.6 Å². The number of aromatic amines is 1. The van der Waals surface area contributed by atoms with Crippen molar-refractivity contribution in [1.29, 1.82) is 0 Å². The van der Waals surface area contributed by atoms with Gasteiger partial charge in [-0.2, -0.15) is 4.73 Å². The van der Waals surface area contributed by atoms with Crippen LogP contribution in [0, 0.1) is 17.0 Å². The zero-order valence-corrected chi connectivity index (χ0v) is 24.0. The first kappa shape index (κ1) is 25.8. The van der Waals surface area contributed by atoms with Gasteiger partial charge < -0.3 is 25.6 Å². The molecule has 3 N–H and O–H groups in total. The van der Waals surface area contributed by atoms with Crippen molar-refractivity contribution >= 4 is 62.3 Å². The van der Waals surface area contributed by atoms with Crippen molar-refractivity contribution in [2.45, 2.75) is 42.5 Å². The van der Waals surface area contributed by atoms with E-state index in [4.69, 9.17) is 20.4 Å². The number of aromatic nitrogens is 5. The summed E-state index contributed by atoms with van der Waals surface area (Å²) in [4.78, 5) is 35.4. The number of nitrogens with two attached hydrogens (primary N) is 1. The lowest BCUT2D eigenvalue weighted by molar-refractivity contribution is -0.577. The summed E-state index contributed by atoms with van der Waals surface area (Å²) in [5.41, 5.74) is 8.85. The molecule has 3 atom stereocenters. The molecule has 5 aromatic rings. The van der Waals surface area contributed by atoms with Gasteiger partial charge in [0.15, 0.2) is 11.4 Å². The largest absolute Gasteiger partial charge is 0.618 e. The van der Waals surface area contributed by atoms with E-state index in [-0.39, 0.29) is 6.04 Å². The number of rotatable bonds is 4. The van der Waals surface area contributed by atoms with Gasteiger partial charge in [0.25, 0.3) is 0 Å². The second-order valence-electron chi connectivity index (χ2n) is 11.7. The molecule has 7 rings (SSSR count). The Bertz CT molecular complexity index is 1840. The number of hydrogen-bond acceptors (Lipinski definition) is 9. The van der Waals surface area contributed by atoms with Crippen molar-refractivity contribution in [3.05, 3.63) is 54.0 Å². The van der Waals surface area contributed by atoms with E-state index in [1.165, 1.54) is 22.9 Å². The summed E-state index contributed by atoms with van der Waals surface area (Å²) >= 11 is 1.35. The first-order valence-electron chi connectivity index (χ1n) is 13.5. The van der Waals surface area contributed by atoms with Gasteiger partial charge in [-0.05, 0) is 56.5 Å². The fourth-order valence-corrected chi connectivity index (χ4v) is 6.45. The Labute approximate surface area is 240 Å². The van der Waals surface area contributed by atoms with Crippen LogP contribution in [0.5, 0.6) is 0 Å². The monoisotopic (exact) mass is 570 g/mol. The molecular weight excluding hydrogens is 540 g/mol. The predicted molar refractivity (Wildman–Crippen MR) is 158 cm³/mol. The Kier molecular flexibility index (Phi) is 5.77. The van der Waals surface area contributed by atoms with Crippen molar-refractivity contribution in [3.63, 3.8) is 0 Å². The fraction of sp³-hybridized carbons (Fsp3) is 0.345. The Morgan fingerprint density at radius 1 is 1.22 bits per heavy atom. The van der Waals surface area contributed by atoms with Crippen molar-refractivity contribution in [1.82, 2.24) is 19.9 Å². The molecule has 1 aliphatic heterocycles. The lowest BCUT2D eigenvalue weighted by atomic mass is 10.1. The van der Waals surface area contributed by atoms with E-state index in [0.717, 1.165) is 44.8 Å². The normalized spacial score (nSPS) is 20.1. The summed E-state index contributed by atoms with van der Waals surface area (Å²) in [6, 6.07) is 11.4. The van der Waals surface area contributed by atoms with Crippen LogP contribution >= 0.6 is 11.8 Å². The van der Waals surface area contributed by atoms with Crippen molar-refractivity contribution in [3.8, 4) is 0 Å². The molecule has 0 unspecified atom stereocenters. The number of hydrogen-bond donors (Lipinski definition) is 2. The number of nitrogens with zero attached hydrogens (tertiary/aromatic N) is 6. The second kappa shape index (κ2) is 9.18. The molecule has 12 heteroatoms. The second-order valence-corrected chi connectivity index (χ2v) is 12.8. The smallest absolute Gasteiger partial charge is 0.414 e. The predicted octanol–water partition coefficient (Wildman–Crippen LogP) is 4.21. The van der Waals surface area contributed by atoms with E-state index in [1.807, 2.05) is 39.0 Å². The standard InChI is InChI=1S/C29H30N8O3S/c1-29(2,3)40-28(38)35(4)20-9-5-7-16-22-25(32-24(16)20)33-27(34-26(22)36-13-17-18(14-36)23(17)30)41-15-11-21-19(31-12-15)8-6-10-37(21)39/h5-12,17-18,23H,13-14,30H2,1-4H3,(H,32,33,34)/t17-,18+,23+. The zero-order chi connectivity index (χ0) is 28.6. The van der Waals surface area contributed by atoms with Gasteiger partial charge in [-0.15, -0.1) is 0 Å². The average molecular weight is 571 g/mol. The van der Waals surface area contributed by atoms with E-state index >= 15 is 0 Å². The number of nitrogens with one attached hydrogen (secondary N) is 1. The van der Waals surface area contributed by atoms with Crippen LogP contribution in [-0.2, 0) is 4.74 Å². The minimum Gasteiger partial charge on any atom is -0.618 e. The molecule has 1 aromatic carbocycles. The molecule has 0 spiro atoms. The maximum atomic E-state index is 12.9. The first-order chi connectivity index (χ1) is 19.6. The van der Waals surface area contributed by atoms with Gasteiger partial charge in [0.2, 0.25) is 5.52 Å². The van der Waals surface area contributed by atoms with Crippen LogP contribution in [0.1, 0.15) is 20.8 Å². The Morgan fingerprint density at radius 3 is 2.76 bits per heavy atom. The maximum Gasteiger partial charge on any atom is 0.414 e. The van der Waals surface area contributed by atoms with Crippen molar-refractivity contribution < 1.29 is 14.3 Å². The van der Waals surface area contributed by atoms with Gasteiger partial charge in [-0.1, -0.05) is 12.1 Å². The SMILES string of the molecule is CN(C(=O)OC(C)(C)C)c1cccc2c1[nH]c1nc(Sc3cnc4ccc[n+]([O-])c4c3)nc(N3C[C@@H]4[C@@H](N)[C@@H]4C3)c12. The highest BCUT2D eigenvalue weighted by molar-refractivity contribution is 7.99. The van der Waals surface area contributed by atoms with Crippen molar-refractivity contribution in [2.24, 2.45) is 17.6 Å². The number of carbonyl (C=O) groups excluding carboxylic acids is 1. The molecule has 1 aliphatic carbocycles. The number of benzene rings is 1. The molecule has 4 aromatic heterocycles. The zero-order valence-electron chi connectivity index (χ0n) is 23.2. The van der Waals surface area contributed by atoms with E-state index in [1.54, 1.807) is 31.4 Å². The molecule has 0 radical (unpaired) electrons. The third-order valence-electron chi connectivity index (χ3n) is 7.81. The molecule has 2 aliphatic rings. The molecule has 41 heavy (non-hydrogen) atoms. The maximum absolute atomic E-state index is 12.9. The number of para-hydroxylation sites is 1. The van der Waals surface area contributed by atoms with E-state index in [9.17, 15) is 10.0 Å². The number of H-pyrrole nitrogens is 1. The number of amides is 1. The van der Waals surface area contributed by atoms with E-state index in [2.05, 4.69) is 14.9 Å². The van der Waals surface area contributed by atoms with Crippen LogP contribution in [0.2, 0.25) is 0 Å². The Balaban J connectivity index is 1.34. The highest BCUT2D eigenvalue weighted by Crippen LogP contribution is 2.47. The van der Waals surface area contributed by atoms with Gasteiger partial charge in [0.1, 0.15) is 22.6 Å². The molecule has 2 fully saturated rings. The topological polar surface area (TPSA) is 140 Å². The molecule has 11 nitrogen and oxygen atoms in total. The molecular formula is C29H30N8O3S. The molecule has 1 amide bonds. The number of pyridine rings is 2. The third kappa shape index (κ3) is 4.47. The summed E-state index contributed by atoms with van der Waals surface area (Å²) in [5, 5.41) is 14.7. The molecule has 1 saturated carbocycles. The van der Waals surface area contributed by atoms with Crippen LogP contribution < -0.4 is 20.3 Å². The molecule has 1 saturated heterocycles. The number of fused-ring (bicyclic) bond motifs is 5. The van der Waals surface area contributed by atoms with Gasteiger partial charge in [-0.25, -0.2) is 19.7 Å². The van der Waals surface area contributed by atoms with Gasteiger partial charge >= 0.3 is 6.09 Å². The molecule has 0 bridgehead atoms. The number of ether oxygens (including phenoxy) is 1. The average Bonchev–Trinajstić information content (AvgIpc) is 3.25. The van der Waals surface area contributed by atoms with Crippen LogP contribution in [0.25, 0.3) is 33.0 Å².